The molecule has 2 rings (SSSR count). The largest absolute Gasteiger partial charge is 0.353 e. The maximum absolute atomic E-state index is 12.6. The topological polar surface area (TPSA) is 79.3 Å². The quantitative estimate of drug-likeness (QED) is 0.790. The van der Waals surface area contributed by atoms with Crippen molar-refractivity contribution in [3.05, 3.63) is 11.8 Å². The van der Waals surface area contributed by atoms with Crippen LogP contribution in [0.15, 0.2) is 6.20 Å². The Hall–Kier alpha value is -1.89. The normalized spacial score (nSPS) is 18.7. The molecule has 25 heavy (non-hydrogen) atoms. The molecule has 1 saturated heterocycles. The number of hydrogen-bond acceptors (Lipinski definition) is 4. The summed E-state index contributed by atoms with van der Waals surface area (Å²) in [5.41, 5.74) is 0.939. The molecule has 1 aromatic rings. The fourth-order valence-corrected chi connectivity index (χ4v) is 3.43. The third-order valence-electron chi connectivity index (χ3n) is 4.94. The fourth-order valence-electron chi connectivity index (χ4n) is 3.43. The molecular weight excluding hydrogens is 318 g/mol. The van der Waals surface area contributed by atoms with Gasteiger partial charge in [0.25, 0.3) is 0 Å². The molecule has 0 aromatic carbocycles. The number of hydrogen-bond donors (Lipinski definition) is 2. The molecule has 7 nitrogen and oxygen atoms in total. The van der Waals surface area contributed by atoms with Crippen LogP contribution in [0.4, 0.5) is 5.82 Å². The highest BCUT2D eigenvalue weighted by Crippen LogP contribution is 2.24. The number of piperazine rings is 1. The molecule has 1 aliphatic rings. The van der Waals surface area contributed by atoms with E-state index in [1.165, 1.54) is 0 Å². The van der Waals surface area contributed by atoms with E-state index in [0.29, 0.717) is 6.54 Å². The van der Waals surface area contributed by atoms with Crippen molar-refractivity contribution in [3.63, 3.8) is 0 Å². The fraction of sp³-hybridized carbons (Fsp3) is 0.722. The van der Waals surface area contributed by atoms with E-state index in [-0.39, 0.29) is 30.3 Å². The second-order valence-electron chi connectivity index (χ2n) is 6.98. The summed E-state index contributed by atoms with van der Waals surface area (Å²) in [4.78, 5) is 27.0. The summed E-state index contributed by atoms with van der Waals surface area (Å²) < 4.78 is 1.90. The van der Waals surface area contributed by atoms with Crippen LogP contribution < -0.4 is 10.6 Å². The lowest BCUT2D eigenvalue weighted by atomic mass is 10.1. The minimum absolute atomic E-state index is 0.0691. The summed E-state index contributed by atoms with van der Waals surface area (Å²) in [5, 5.41) is 10.3. The molecule has 0 saturated carbocycles. The Bertz CT molecular complexity index is 607. The van der Waals surface area contributed by atoms with Gasteiger partial charge < -0.3 is 10.6 Å². The minimum Gasteiger partial charge on any atom is -0.353 e. The first kappa shape index (κ1) is 19.4. The van der Waals surface area contributed by atoms with Crippen LogP contribution in [0.1, 0.15) is 58.6 Å². The van der Waals surface area contributed by atoms with Crippen LogP contribution in [0.25, 0.3) is 0 Å². The van der Waals surface area contributed by atoms with E-state index in [2.05, 4.69) is 48.3 Å². The number of anilines is 1. The molecule has 7 heteroatoms. The molecule has 2 N–H and O–H groups in total. The Morgan fingerprint density at radius 2 is 2.08 bits per heavy atom. The molecule has 0 radical (unpaired) electrons. The number of aromatic nitrogens is 2. The number of carbonyl (C=O) groups is 2. The second-order valence-corrected chi connectivity index (χ2v) is 6.98. The zero-order valence-corrected chi connectivity index (χ0v) is 16.0. The Morgan fingerprint density at radius 1 is 1.40 bits per heavy atom. The van der Waals surface area contributed by atoms with E-state index in [1.807, 2.05) is 11.6 Å². The summed E-state index contributed by atoms with van der Waals surface area (Å²) in [6, 6.07) is 0.0633. The van der Waals surface area contributed by atoms with E-state index >= 15 is 0 Å². The highest BCUT2D eigenvalue weighted by Gasteiger charge is 2.33. The Labute approximate surface area is 150 Å². The van der Waals surface area contributed by atoms with Gasteiger partial charge in [-0.05, 0) is 33.6 Å². The van der Waals surface area contributed by atoms with Crippen molar-refractivity contribution in [2.75, 3.05) is 18.4 Å². The van der Waals surface area contributed by atoms with Gasteiger partial charge in [-0.2, -0.15) is 5.10 Å². The molecule has 2 amide bonds. The van der Waals surface area contributed by atoms with Gasteiger partial charge in [-0.25, -0.2) is 4.68 Å². The van der Waals surface area contributed by atoms with Crippen LogP contribution >= 0.6 is 0 Å². The third kappa shape index (κ3) is 4.39. The van der Waals surface area contributed by atoms with Crippen LogP contribution in [0, 0.1) is 6.92 Å². The lowest BCUT2D eigenvalue weighted by Gasteiger charge is -2.37. The molecule has 1 atom stereocenters. The van der Waals surface area contributed by atoms with Crippen LogP contribution in [0.5, 0.6) is 0 Å². The third-order valence-corrected chi connectivity index (χ3v) is 4.94. The number of amides is 2. The van der Waals surface area contributed by atoms with E-state index < -0.39 is 6.04 Å². The van der Waals surface area contributed by atoms with E-state index in [4.69, 9.17) is 0 Å². The zero-order valence-electron chi connectivity index (χ0n) is 16.0. The smallest absolute Gasteiger partial charge is 0.237 e. The molecule has 2 heterocycles. The first-order valence-electron chi connectivity index (χ1n) is 9.26. The molecule has 0 spiro atoms. The summed E-state index contributed by atoms with van der Waals surface area (Å²) in [7, 11) is 0. The second kappa shape index (κ2) is 8.47. The van der Waals surface area contributed by atoms with Gasteiger partial charge in [0.1, 0.15) is 5.82 Å². The molecule has 0 aliphatic carbocycles. The van der Waals surface area contributed by atoms with Crippen molar-refractivity contribution in [1.82, 2.24) is 20.0 Å². The number of rotatable bonds is 7. The van der Waals surface area contributed by atoms with Crippen molar-refractivity contribution in [3.8, 4) is 0 Å². The van der Waals surface area contributed by atoms with Gasteiger partial charge in [-0.3, -0.25) is 14.5 Å². The molecule has 1 aliphatic heterocycles. The van der Waals surface area contributed by atoms with Crippen LogP contribution in [-0.4, -0.2) is 51.7 Å². The average Bonchev–Trinajstić information content (AvgIpc) is 2.91. The summed E-state index contributed by atoms with van der Waals surface area (Å²) in [6.45, 7) is 11.7. The first-order valence-corrected chi connectivity index (χ1v) is 9.26. The van der Waals surface area contributed by atoms with Crippen LogP contribution in [0.3, 0.4) is 0 Å². The lowest BCUT2D eigenvalue weighted by Crippen LogP contribution is -2.58. The maximum Gasteiger partial charge on any atom is 0.237 e. The summed E-state index contributed by atoms with van der Waals surface area (Å²) in [5.74, 6) is 0.523. The zero-order chi connectivity index (χ0) is 18.6. The molecule has 1 aromatic heterocycles. The lowest BCUT2D eigenvalue weighted by molar-refractivity contribution is -0.133. The van der Waals surface area contributed by atoms with Gasteiger partial charge in [0, 0.05) is 24.7 Å². The van der Waals surface area contributed by atoms with Crippen LogP contribution in [-0.2, 0) is 9.59 Å². The number of carbonyl (C=O) groups excluding carboxylic acids is 2. The molecule has 140 valence electrons. The van der Waals surface area contributed by atoms with E-state index in [9.17, 15) is 9.59 Å². The molecule has 0 bridgehead atoms. The maximum atomic E-state index is 12.6. The minimum atomic E-state index is -0.418. The van der Waals surface area contributed by atoms with Crippen molar-refractivity contribution in [2.24, 2.45) is 0 Å². The Kier molecular flexibility index (Phi) is 6.58. The molecule has 1 unspecified atom stereocenters. The molecular formula is C18H31N5O2. The van der Waals surface area contributed by atoms with Gasteiger partial charge in [0.15, 0.2) is 0 Å². The van der Waals surface area contributed by atoms with Gasteiger partial charge >= 0.3 is 0 Å². The first-order chi connectivity index (χ1) is 11.9. The Balaban J connectivity index is 2.12. The van der Waals surface area contributed by atoms with Crippen LogP contribution in [0.2, 0.25) is 0 Å². The Morgan fingerprint density at radius 3 is 2.68 bits per heavy atom. The van der Waals surface area contributed by atoms with Gasteiger partial charge in [0.05, 0.1) is 24.7 Å². The number of nitrogens with zero attached hydrogens (tertiary/aromatic N) is 3. The average molecular weight is 349 g/mol. The monoisotopic (exact) mass is 349 g/mol. The van der Waals surface area contributed by atoms with Gasteiger partial charge in [0.2, 0.25) is 11.8 Å². The predicted molar refractivity (Wildman–Crippen MR) is 98.5 cm³/mol. The summed E-state index contributed by atoms with van der Waals surface area (Å²) in [6.07, 6.45) is 3.83. The van der Waals surface area contributed by atoms with Crippen molar-refractivity contribution in [2.45, 2.75) is 72.0 Å². The van der Waals surface area contributed by atoms with Gasteiger partial charge in [-0.1, -0.05) is 13.8 Å². The molecule has 1 fully saturated rings. The van der Waals surface area contributed by atoms with E-state index in [1.54, 1.807) is 6.20 Å². The highest BCUT2D eigenvalue weighted by atomic mass is 16.2. The standard InChI is InChI=1S/C18H31N5O2/c1-6-14(7-2)23-17(13(5)11-20-23)21-16(24)10-15-18(25)19-8-9-22(15)12(3)4/h11-12,14-15H,6-10H2,1-5H3,(H,19,25)(H,21,24). The van der Waals surface area contributed by atoms with Crippen molar-refractivity contribution < 1.29 is 9.59 Å². The highest BCUT2D eigenvalue weighted by molar-refractivity contribution is 5.95. The SMILES string of the molecule is CCC(CC)n1ncc(C)c1NC(=O)CC1C(=O)NCCN1C(C)C. The predicted octanol–water partition coefficient (Wildman–Crippen LogP) is 2.09. The van der Waals surface area contributed by atoms with Gasteiger partial charge in [-0.15, -0.1) is 0 Å². The van der Waals surface area contributed by atoms with E-state index in [0.717, 1.165) is 30.8 Å². The number of nitrogens with one attached hydrogen (secondary N) is 2. The van der Waals surface area contributed by atoms with Crippen molar-refractivity contribution in [1.29, 1.82) is 0 Å². The summed E-state index contributed by atoms with van der Waals surface area (Å²) >= 11 is 0. The number of aryl methyl sites for hydroxylation is 1. The van der Waals surface area contributed by atoms with Crippen molar-refractivity contribution >= 4 is 17.6 Å².